The van der Waals surface area contributed by atoms with E-state index in [0.717, 1.165) is 42.8 Å². The van der Waals surface area contributed by atoms with Gasteiger partial charge in [0.05, 0.1) is 18.8 Å². The van der Waals surface area contributed by atoms with Gasteiger partial charge in [-0.05, 0) is 33.2 Å². The Morgan fingerprint density at radius 1 is 1.13 bits per heavy atom. The van der Waals surface area contributed by atoms with Crippen molar-refractivity contribution in [3.05, 3.63) is 29.5 Å². The molecule has 0 bridgehead atoms. The highest BCUT2D eigenvalue weighted by molar-refractivity contribution is 5.38. The first kappa shape index (κ1) is 15.8. The fraction of sp³-hybridized carbons (Fsp3) is 0.600. The highest BCUT2D eigenvalue weighted by Crippen LogP contribution is 2.18. The zero-order valence-electron chi connectivity index (χ0n) is 13.9. The Morgan fingerprint density at radius 3 is 2.74 bits per heavy atom. The lowest BCUT2D eigenvalue weighted by molar-refractivity contribution is 0.0979. The van der Waals surface area contributed by atoms with Crippen LogP contribution in [0.4, 0.5) is 5.82 Å². The molecule has 1 aliphatic heterocycles. The summed E-state index contributed by atoms with van der Waals surface area (Å²) in [6.07, 6.45) is 0. The molecule has 0 aliphatic carbocycles. The summed E-state index contributed by atoms with van der Waals surface area (Å²) in [4.78, 5) is 4.27. The van der Waals surface area contributed by atoms with Gasteiger partial charge in [-0.1, -0.05) is 0 Å². The number of hydrogen-bond acceptors (Lipinski definition) is 7. The topological polar surface area (TPSA) is 72.2 Å². The van der Waals surface area contributed by atoms with E-state index >= 15 is 0 Å². The van der Waals surface area contributed by atoms with Gasteiger partial charge in [-0.3, -0.25) is 0 Å². The molecule has 3 heterocycles. The molecule has 0 amide bonds. The molecule has 0 spiro atoms. The molecule has 0 atom stereocenters. The Hall–Kier alpha value is -2.06. The van der Waals surface area contributed by atoms with E-state index in [2.05, 4.69) is 34.8 Å². The van der Waals surface area contributed by atoms with Crippen molar-refractivity contribution in [2.45, 2.75) is 26.6 Å². The molecule has 1 aliphatic rings. The number of aromatic nitrogens is 5. The number of aryl methyl sites for hydroxylation is 1. The summed E-state index contributed by atoms with van der Waals surface area (Å²) in [7, 11) is 4.07. The lowest BCUT2D eigenvalue weighted by Gasteiger charge is -2.28. The highest BCUT2D eigenvalue weighted by Gasteiger charge is 2.22. The zero-order chi connectivity index (χ0) is 16.2. The molecule has 8 nitrogen and oxygen atoms in total. The number of ether oxygens (including phenoxy) is 1. The van der Waals surface area contributed by atoms with Crippen LogP contribution in [0.3, 0.4) is 0 Å². The van der Waals surface area contributed by atoms with Crippen molar-refractivity contribution in [2.24, 2.45) is 0 Å². The van der Waals surface area contributed by atoms with Crippen molar-refractivity contribution < 1.29 is 4.74 Å². The van der Waals surface area contributed by atoms with Crippen LogP contribution in [0, 0.1) is 6.92 Å². The molecule has 2 aromatic rings. The second kappa shape index (κ2) is 7.01. The summed E-state index contributed by atoms with van der Waals surface area (Å²) in [6.45, 7) is 6.44. The number of likely N-dealkylation sites (N-methyl/N-ethyl adjacent to an activating group) is 1. The van der Waals surface area contributed by atoms with E-state index in [1.54, 1.807) is 0 Å². The fourth-order valence-corrected chi connectivity index (χ4v) is 2.49. The molecule has 0 N–H and O–H groups in total. The number of hydrogen-bond donors (Lipinski definition) is 0. The second-order valence-corrected chi connectivity index (χ2v) is 5.99. The zero-order valence-corrected chi connectivity index (χ0v) is 13.9. The van der Waals surface area contributed by atoms with Gasteiger partial charge in [0, 0.05) is 19.6 Å². The summed E-state index contributed by atoms with van der Waals surface area (Å²) in [5.74, 6) is 2.73. The molecule has 8 heteroatoms. The number of rotatable bonds is 6. The van der Waals surface area contributed by atoms with Crippen LogP contribution in [0.25, 0.3) is 0 Å². The van der Waals surface area contributed by atoms with Gasteiger partial charge in [-0.25, -0.2) is 0 Å². The Kier molecular flexibility index (Phi) is 4.82. The largest absolute Gasteiger partial charge is 0.372 e. The van der Waals surface area contributed by atoms with Crippen LogP contribution < -0.4 is 4.90 Å². The molecule has 2 aromatic heterocycles. The molecule has 23 heavy (non-hydrogen) atoms. The van der Waals surface area contributed by atoms with Crippen molar-refractivity contribution in [2.75, 3.05) is 38.7 Å². The quantitative estimate of drug-likeness (QED) is 0.717. The van der Waals surface area contributed by atoms with Gasteiger partial charge in [-0.15, -0.1) is 15.3 Å². The van der Waals surface area contributed by atoms with Gasteiger partial charge >= 0.3 is 0 Å². The number of fused-ring (bicyclic) bond motifs is 1. The van der Waals surface area contributed by atoms with Crippen molar-refractivity contribution >= 4 is 5.82 Å². The molecule has 124 valence electrons. The van der Waals surface area contributed by atoms with E-state index in [1.165, 1.54) is 0 Å². The predicted octanol–water partition coefficient (Wildman–Crippen LogP) is 0.475. The summed E-state index contributed by atoms with van der Waals surface area (Å²) in [5.41, 5.74) is 0.922. The Bertz CT molecular complexity index is 638. The lowest BCUT2D eigenvalue weighted by Crippen LogP contribution is -2.35. The maximum absolute atomic E-state index is 5.68. The first-order chi connectivity index (χ1) is 11.1. The third-order valence-corrected chi connectivity index (χ3v) is 3.85. The fourth-order valence-electron chi connectivity index (χ4n) is 2.49. The van der Waals surface area contributed by atoms with Crippen molar-refractivity contribution in [1.29, 1.82) is 0 Å². The minimum Gasteiger partial charge on any atom is -0.372 e. The maximum atomic E-state index is 5.68. The van der Waals surface area contributed by atoms with Gasteiger partial charge in [0.15, 0.2) is 17.5 Å². The van der Waals surface area contributed by atoms with Crippen LogP contribution >= 0.6 is 0 Å². The maximum Gasteiger partial charge on any atom is 0.159 e. The standard InChI is InChI=1S/C15H23N7O/c1-12-4-5-13(17-16-12)21-6-7-22-14(10-21)18-19-15(22)11-23-9-8-20(2)3/h4-5H,6-11H2,1-3H3. The summed E-state index contributed by atoms with van der Waals surface area (Å²) in [5, 5.41) is 16.9. The van der Waals surface area contributed by atoms with Gasteiger partial charge in [0.2, 0.25) is 0 Å². The molecule has 0 saturated heterocycles. The molecule has 0 saturated carbocycles. The van der Waals surface area contributed by atoms with Crippen LogP contribution in [0.2, 0.25) is 0 Å². The molecule has 0 aromatic carbocycles. The van der Waals surface area contributed by atoms with Crippen molar-refractivity contribution in [3.8, 4) is 0 Å². The van der Waals surface area contributed by atoms with E-state index in [4.69, 9.17) is 4.74 Å². The second-order valence-electron chi connectivity index (χ2n) is 5.99. The lowest BCUT2D eigenvalue weighted by atomic mass is 10.3. The van der Waals surface area contributed by atoms with Crippen LogP contribution in [0.1, 0.15) is 17.3 Å². The van der Waals surface area contributed by atoms with Crippen LogP contribution in [-0.2, 0) is 24.4 Å². The highest BCUT2D eigenvalue weighted by atomic mass is 16.5. The minimum absolute atomic E-state index is 0.505. The summed E-state index contributed by atoms with van der Waals surface area (Å²) in [6, 6.07) is 3.98. The molecular weight excluding hydrogens is 294 g/mol. The average Bonchev–Trinajstić information content (AvgIpc) is 2.94. The third kappa shape index (κ3) is 3.83. The van der Waals surface area contributed by atoms with E-state index < -0.39 is 0 Å². The molecule has 0 fully saturated rings. The van der Waals surface area contributed by atoms with E-state index in [-0.39, 0.29) is 0 Å². The number of nitrogens with zero attached hydrogens (tertiary/aromatic N) is 7. The van der Waals surface area contributed by atoms with Gasteiger partial charge < -0.3 is 19.1 Å². The van der Waals surface area contributed by atoms with E-state index in [0.29, 0.717) is 19.8 Å². The Balaban J connectivity index is 1.61. The third-order valence-electron chi connectivity index (χ3n) is 3.85. The van der Waals surface area contributed by atoms with Crippen LogP contribution in [-0.4, -0.2) is 63.7 Å². The van der Waals surface area contributed by atoms with Crippen molar-refractivity contribution in [1.82, 2.24) is 29.9 Å². The van der Waals surface area contributed by atoms with Crippen LogP contribution in [0.15, 0.2) is 12.1 Å². The van der Waals surface area contributed by atoms with E-state index in [9.17, 15) is 0 Å². The smallest absolute Gasteiger partial charge is 0.159 e. The van der Waals surface area contributed by atoms with Gasteiger partial charge in [0.1, 0.15) is 6.61 Å². The summed E-state index contributed by atoms with van der Waals surface area (Å²) < 4.78 is 7.83. The van der Waals surface area contributed by atoms with Gasteiger partial charge in [0.25, 0.3) is 0 Å². The number of anilines is 1. The summed E-state index contributed by atoms with van der Waals surface area (Å²) >= 11 is 0. The molecule has 0 unspecified atom stereocenters. The Labute approximate surface area is 136 Å². The first-order valence-electron chi connectivity index (χ1n) is 7.82. The predicted molar refractivity (Wildman–Crippen MR) is 86.1 cm³/mol. The SMILES string of the molecule is Cc1ccc(N2CCn3c(COCCN(C)C)nnc3C2)nn1. The van der Waals surface area contributed by atoms with Crippen molar-refractivity contribution in [3.63, 3.8) is 0 Å². The monoisotopic (exact) mass is 317 g/mol. The molecule has 0 radical (unpaired) electrons. The first-order valence-corrected chi connectivity index (χ1v) is 7.82. The minimum atomic E-state index is 0.505. The van der Waals surface area contributed by atoms with Gasteiger partial charge in [-0.2, -0.15) is 5.10 Å². The molecule has 3 rings (SSSR count). The average molecular weight is 317 g/mol. The van der Waals surface area contributed by atoms with E-state index in [1.807, 2.05) is 33.2 Å². The van der Waals surface area contributed by atoms with Crippen LogP contribution in [0.5, 0.6) is 0 Å². The Morgan fingerprint density at radius 2 is 2.00 bits per heavy atom. The molecular formula is C15H23N7O. The normalized spacial score (nSPS) is 14.3.